The fourth-order valence-electron chi connectivity index (χ4n) is 3.69. The number of nitrogens with zero attached hydrogens (tertiary/aromatic N) is 3. The molecule has 0 radical (unpaired) electrons. The number of amides is 1. The Bertz CT molecular complexity index is 562. The first kappa shape index (κ1) is 18.2. The first-order chi connectivity index (χ1) is 11.9. The lowest BCUT2D eigenvalue weighted by molar-refractivity contribution is 0.0107. The van der Waals surface area contributed by atoms with Crippen molar-refractivity contribution in [1.82, 2.24) is 14.7 Å². The number of carbonyl (C=O) groups is 1. The first-order valence-corrected chi connectivity index (χ1v) is 9.39. The van der Waals surface area contributed by atoms with Gasteiger partial charge in [-0.25, -0.2) is 4.79 Å². The predicted molar refractivity (Wildman–Crippen MR) is 99.5 cm³/mol. The molecular formula is C20H31N3O2. The number of rotatable bonds is 3. The van der Waals surface area contributed by atoms with Crippen molar-refractivity contribution in [2.24, 2.45) is 0 Å². The van der Waals surface area contributed by atoms with Gasteiger partial charge in [-0.2, -0.15) is 0 Å². The number of piperazine rings is 1. The number of benzene rings is 1. The van der Waals surface area contributed by atoms with Crippen molar-refractivity contribution in [3.05, 3.63) is 35.9 Å². The first-order valence-electron chi connectivity index (χ1n) is 9.39. The molecule has 138 valence electrons. The van der Waals surface area contributed by atoms with Crippen LogP contribution in [0, 0.1) is 0 Å². The van der Waals surface area contributed by atoms with Crippen molar-refractivity contribution in [1.29, 1.82) is 0 Å². The Morgan fingerprint density at radius 1 is 1.08 bits per heavy atom. The molecule has 0 aromatic heterocycles. The number of hydrogen-bond acceptors (Lipinski definition) is 4. The molecule has 5 heteroatoms. The van der Waals surface area contributed by atoms with Crippen molar-refractivity contribution in [2.75, 3.05) is 39.3 Å². The van der Waals surface area contributed by atoms with Crippen LogP contribution in [0.1, 0.15) is 32.8 Å². The maximum absolute atomic E-state index is 12.2. The van der Waals surface area contributed by atoms with Crippen LogP contribution in [0.25, 0.3) is 0 Å². The maximum Gasteiger partial charge on any atom is 0.410 e. The topological polar surface area (TPSA) is 36.0 Å². The van der Waals surface area contributed by atoms with E-state index in [0.717, 1.165) is 45.8 Å². The van der Waals surface area contributed by atoms with E-state index in [1.54, 1.807) is 0 Å². The maximum atomic E-state index is 12.2. The van der Waals surface area contributed by atoms with Gasteiger partial charge in [-0.1, -0.05) is 30.3 Å². The summed E-state index contributed by atoms with van der Waals surface area (Å²) in [6, 6.07) is 11.3. The second-order valence-electron chi connectivity index (χ2n) is 8.17. The van der Waals surface area contributed by atoms with Gasteiger partial charge in [0.05, 0.1) is 0 Å². The van der Waals surface area contributed by atoms with Crippen LogP contribution in [-0.2, 0) is 11.3 Å². The number of hydrogen-bond donors (Lipinski definition) is 0. The molecular weight excluding hydrogens is 314 g/mol. The van der Waals surface area contributed by atoms with E-state index in [1.807, 2.05) is 25.7 Å². The number of carbonyl (C=O) groups excluding carboxylic acids is 1. The summed E-state index contributed by atoms with van der Waals surface area (Å²) < 4.78 is 5.48. The van der Waals surface area contributed by atoms with Crippen LogP contribution in [-0.4, -0.2) is 71.7 Å². The Labute approximate surface area is 151 Å². The van der Waals surface area contributed by atoms with Gasteiger partial charge in [0, 0.05) is 51.9 Å². The van der Waals surface area contributed by atoms with Gasteiger partial charge in [-0.05, 0) is 32.8 Å². The minimum Gasteiger partial charge on any atom is -0.444 e. The van der Waals surface area contributed by atoms with Crippen LogP contribution in [0.3, 0.4) is 0 Å². The molecule has 0 N–H and O–H groups in total. The molecule has 0 bridgehead atoms. The zero-order valence-electron chi connectivity index (χ0n) is 15.8. The van der Waals surface area contributed by atoms with Gasteiger partial charge < -0.3 is 9.64 Å². The van der Waals surface area contributed by atoms with Crippen LogP contribution in [0.5, 0.6) is 0 Å². The fourth-order valence-corrected chi connectivity index (χ4v) is 3.69. The predicted octanol–water partition coefficient (Wildman–Crippen LogP) is 2.81. The molecule has 1 amide bonds. The summed E-state index contributed by atoms with van der Waals surface area (Å²) in [4.78, 5) is 19.1. The van der Waals surface area contributed by atoms with Crippen molar-refractivity contribution in [3.63, 3.8) is 0 Å². The Morgan fingerprint density at radius 2 is 1.76 bits per heavy atom. The summed E-state index contributed by atoms with van der Waals surface area (Å²) >= 11 is 0. The van der Waals surface area contributed by atoms with E-state index in [2.05, 4.69) is 40.1 Å². The molecule has 1 aromatic rings. The van der Waals surface area contributed by atoms with Crippen LogP contribution >= 0.6 is 0 Å². The highest BCUT2D eigenvalue weighted by Gasteiger charge is 2.32. The summed E-state index contributed by atoms with van der Waals surface area (Å²) in [5, 5.41) is 0. The highest BCUT2D eigenvalue weighted by molar-refractivity contribution is 5.68. The van der Waals surface area contributed by atoms with Gasteiger partial charge in [-0.15, -0.1) is 0 Å². The molecule has 2 saturated heterocycles. The highest BCUT2D eigenvalue weighted by atomic mass is 16.6. The van der Waals surface area contributed by atoms with Crippen molar-refractivity contribution < 1.29 is 9.53 Å². The fraction of sp³-hybridized carbons (Fsp3) is 0.650. The molecule has 2 aliphatic heterocycles. The monoisotopic (exact) mass is 345 g/mol. The summed E-state index contributed by atoms with van der Waals surface area (Å²) in [5.74, 6) is 0. The zero-order valence-corrected chi connectivity index (χ0v) is 15.8. The molecule has 2 aliphatic rings. The summed E-state index contributed by atoms with van der Waals surface area (Å²) in [5.41, 5.74) is 0.968. The molecule has 3 rings (SSSR count). The lowest BCUT2D eigenvalue weighted by Crippen LogP contribution is -2.53. The van der Waals surface area contributed by atoms with E-state index < -0.39 is 5.60 Å². The third-order valence-corrected chi connectivity index (χ3v) is 4.98. The highest BCUT2D eigenvalue weighted by Crippen LogP contribution is 2.20. The van der Waals surface area contributed by atoms with E-state index in [0.29, 0.717) is 6.04 Å². The largest absolute Gasteiger partial charge is 0.444 e. The Hall–Kier alpha value is -1.59. The van der Waals surface area contributed by atoms with Gasteiger partial charge in [0.25, 0.3) is 0 Å². The van der Waals surface area contributed by atoms with E-state index in [4.69, 9.17) is 4.74 Å². The molecule has 0 spiro atoms. The Morgan fingerprint density at radius 3 is 2.40 bits per heavy atom. The second kappa shape index (κ2) is 7.75. The van der Waals surface area contributed by atoms with Crippen molar-refractivity contribution in [3.8, 4) is 0 Å². The van der Waals surface area contributed by atoms with Gasteiger partial charge in [-0.3, -0.25) is 9.80 Å². The lowest BCUT2D eigenvalue weighted by atomic mass is 10.2. The number of likely N-dealkylation sites (tertiary alicyclic amines) is 1. The third-order valence-electron chi connectivity index (χ3n) is 4.98. The Balaban J connectivity index is 1.44. The average Bonchev–Trinajstić information content (AvgIpc) is 3.03. The summed E-state index contributed by atoms with van der Waals surface area (Å²) in [6.45, 7) is 12.5. The van der Waals surface area contributed by atoms with Gasteiger partial charge in [0.1, 0.15) is 5.60 Å². The third kappa shape index (κ3) is 5.19. The number of ether oxygens (including phenoxy) is 1. The van der Waals surface area contributed by atoms with Gasteiger partial charge >= 0.3 is 6.09 Å². The van der Waals surface area contributed by atoms with E-state index in [9.17, 15) is 4.79 Å². The quantitative estimate of drug-likeness (QED) is 0.844. The minimum atomic E-state index is -0.419. The summed E-state index contributed by atoms with van der Waals surface area (Å²) in [6.07, 6.45) is 1.04. The lowest BCUT2D eigenvalue weighted by Gasteiger charge is -2.38. The van der Waals surface area contributed by atoms with Crippen LogP contribution < -0.4 is 0 Å². The standard InChI is InChI=1S/C20H31N3O2/c1-20(2,3)25-19(24)23-13-11-22(12-14-23)18-9-10-21(16-18)15-17-7-5-4-6-8-17/h4-8,18H,9-16H2,1-3H3/t18-/m1/s1. The molecule has 2 fully saturated rings. The van der Waals surface area contributed by atoms with Crippen LogP contribution in [0.2, 0.25) is 0 Å². The Kier molecular flexibility index (Phi) is 5.64. The van der Waals surface area contributed by atoms with E-state index in [1.165, 1.54) is 12.0 Å². The molecule has 1 atom stereocenters. The van der Waals surface area contributed by atoms with Gasteiger partial charge in [0.15, 0.2) is 0 Å². The van der Waals surface area contributed by atoms with Crippen molar-refractivity contribution in [2.45, 2.75) is 45.4 Å². The molecule has 0 saturated carbocycles. The van der Waals surface area contributed by atoms with Crippen molar-refractivity contribution >= 4 is 6.09 Å². The van der Waals surface area contributed by atoms with E-state index >= 15 is 0 Å². The smallest absolute Gasteiger partial charge is 0.410 e. The normalized spacial score (nSPS) is 23.0. The van der Waals surface area contributed by atoms with Crippen LogP contribution in [0.15, 0.2) is 30.3 Å². The average molecular weight is 345 g/mol. The molecule has 0 unspecified atom stereocenters. The molecule has 25 heavy (non-hydrogen) atoms. The minimum absolute atomic E-state index is 0.177. The molecule has 5 nitrogen and oxygen atoms in total. The SMILES string of the molecule is CC(C)(C)OC(=O)N1CCN([C@@H]2CCN(Cc3ccccc3)C2)CC1. The molecule has 2 heterocycles. The molecule has 1 aromatic carbocycles. The van der Waals surface area contributed by atoms with Gasteiger partial charge in [0.2, 0.25) is 0 Å². The second-order valence-corrected chi connectivity index (χ2v) is 8.17. The molecule has 0 aliphatic carbocycles. The van der Waals surface area contributed by atoms with Crippen LogP contribution in [0.4, 0.5) is 4.79 Å². The zero-order chi connectivity index (χ0) is 17.9. The summed E-state index contributed by atoms with van der Waals surface area (Å²) in [7, 11) is 0. The van der Waals surface area contributed by atoms with E-state index in [-0.39, 0.29) is 6.09 Å².